The maximum absolute atomic E-state index is 11.4. The first-order valence-corrected chi connectivity index (χ1v) is 7.10. The van der Waals surface area contributed by atoms with Crippen LogP contribution in [0.4, 0.5) is 0 Å². The zero-order valence-electron chi connectivity index (χ0n) is 12.2. The first-order chi connectivity index (χ1) is 8.47. The summed E-state index contributed by atoms with van der Waals surface area (Å²) in [5, 5.41) is 9.38. The third-order valence-electron chi connectivity index (χ3n) is 4.03. The Morgan fingerprint density at radius 2 is 1.94 bits per heavy atom. The molecule has 0 bridgehead atoms. The fourth-order valence-electron chi connectivity index (χ4n) is 3.30. The molecule has 3 unspecified atom stereocenters. The number of hydrogen-bond donors (Lipinski definition) is 1. The summed E-state index contributed by atoms with van der Waals surface area (Å²) in [7, 11) is 4.14. The molecule has 0 heterocycles. The zero-order chi connectivity index (χ0) is 13.7. The summed E-state index contributed by atoms with van der Waals surface area (Å²) in [6.07, 6.45) is 4.10. The predicted octanol–water partition coefficient (Wildman–Crippen LogP) is 1.90. The molecule has 0 saturated heterocycles. The molecule has 3 atom stereocenters. The van der Waals surface area contributed by atoms with Crippen LogP contribution in [-0.4, -0.2) is 60.1 Å². The molecule has 0 amide bonds. The van der Waals surface area contributed by atoms with E-state index in [0.29, 0.717) is 6.04 Å². The van der Waals surface area contributed by atoms with Crippen LogP contribution in [0.15, 0.2) is 0 Å². The van der Waals surface area contributed by atoms with Crippen LogP contribution >= 0.6 is 0 Å². The smallest absolute Gasteiger partial charge is 0.308 e. The van der Waals surface area contributed by atoms with Gasteiger partial charge in [-0.25, -0.2) is 0 Å². The summed E-state index contributed by atoms with van der Waals surface area (Å²) in [5.41, 5.74) is 0. The summed E-state index contributed by atoms with van der Waals surface area (Å²) in [5.74, 6) is -0.793. The second-order valence-electron chi connectivity index (χ2n) is 5.74. The lowest BCUT2D eigenvalue weighted by Crippen LogP contribution is -2.51. The van der Waals surface area contributed by atoms with E-state index >= 15 is 0 Å². The van der Waals surface area contributed by atoms with E-state index < -0.39 is 5.97 Å². The SMILES string of the molecule is CCN(C(C)CN(C)C)C1CCCCC1C(=O)O. The van der Waals surface area contributed by atoms with Gasteiger partial charge in [-0.05, 0) is 40.4 Å². The van der Waals surface area contributed by atoms with Crippen molar-refractivity contribution < 1.29 is 9.90 Å². The number of rotatable bonds is 6. The van der Waals surface area contributed by atoms with Gasteiger partial charge in [-0.1, -0.05) is 19.8 Å². The van der Waals surface area contributed by atoms with Crippen molar-refractivity contribution in [3.63, 3.8) is 0 Å². The number of aliphatic carboxylic acids is 1. The number of nitrogens with zero attached hydrogens (tertiary/aromatic N) is 2. The molecule has 0 aromatic heterocycles. The summed E-state index contributed by atoms with van der Waals surface area (Å²) in [6, 6.07) is 0.631. The fraction of sp³-hybridized carbons (Fsp3) is 0.929. The van der Waals surface area contributed by atoms with Crippen molar-refractivity contribution in [1.82, 2.24) is 9.80 Å². The number of hydrogen-bond acceptors (Lipinski definition) is 3. The van der Waals surface area contributed by atoms with Crippen LogP contribution in [0.25, 0.3) is 0 Å². The van der Waals surface area contributed by atoms with Gasteiger partial charge in [-0.15, -0.1) is 0 Å². The van der Waals surface area contributed by atoms with Crippen LogP contribution in [0.2, 0.25) is 0 Å². The van der Waals surface area contributed by atoms with E-state index in [4.69, 9.17) is 0 Å². The van der Waals surface area contributed by atoms with Crippen LogP contribution in [-0.2, 0) is 4.79 Å². The second-order valence-corrected chi connectivity index (χ2v) is 5.74. The normalized spacial score (nSPS) is 26.6. The number of likely N-dealkylation sites (N-methyl/N-ethyl adjacent to an activating group) is 2. The van der Waals surface area contributed by atoms with Crippen molar-refractivity contribution >= 4 is 5.97 Å². The van der Waals surface area contributed by atoms with Crippen molar-refractivity contribution in [2.45, 2.75) is 51.6 Å². The Morgan fingerprint density at radius 1 is 1.33 bits per heavy atom. The minimum absolute atomic E-state index is 0.177. The highest BCUT2D eigenvalue weighted by atomic mass is 16.4. The van der Waals surface area contributed by atoms with Gasteiger partial charge in [0.2, 0.25) is 0 Å². The van der Waals surface area contributed by atoms with Crippen molar-refractivity contribution in [3.8, 4) is 0 Å². The monoisotopic (exact) mass is 256 g/mol. The zero-order valence-corrected chi connectivity index (χ0v) is 12.2. The second kappa shape index (κ2) is 7.10. The molecule has 0 spiro atoms. The largest absolute Gasteiger partial charge is 0.481 e. The molecular weight excluding hydrogens is 228 g/mol. The van der Waals surface area contributed by atoms with E-state index in [1.807, 2.05) is 0 Å². The van der Waals surface area contributed by atoms with E-state index in [0.717, 1.165) is 32.4 Å². The van der Waals surface area contributed by atoms with E-state index in [2.05, 4.69) is 37.7 Å². The molecule has 1 aliphatic rings. The van der Waals surface area contributed by atoms with E-state index in [1.165, 1.54) is 6.42 Å². The van der Waals surface area contributed by atoms with Gasteiger partial charge < -0.3 is 10.0 Å². The fourth-order valence-corrected chi connectivity index (χ4v) is 3.30. The minimum Gasteiger partial charge on any atom is -0.481 e. The Morgan fingerprint density at radius 3 is 2.44 bits per heavy atom. The Bertz CT molecular complexity index is 269. The number of carbonyl (C=O) groups is 1. The topological polar surface area (TPSA) is 43.8 Å². The summed E-state index contributed by atoms with van der Waals surface area (Å²) in [4.78, 5) is 16.0. The molecule has 0 aromatic rings. The van der Waals surface area contributed by atoms with Gasteiger partial charge in [-0.3, -0.25) is 9.69 Å². The van der Waals surface area contributed by atoms with Gasteiger partial charge in [0.1, 0.15) is 0 Å². The molecular formula is C14H28N2O2. The molecule has 1 aliphatic carbocycles. The van der Waals surface area contributed by atoms with Gasteiger partial charge in [0, 0.05) is 18.6 Å². The average molecular weight is 256 g/mol. The third kappa shape index (κ3) is 3.95. The summed E-state index contributed by atoms with van der Waals surface area (Å²) >= 11 is 0. The lowest BCUT2D eigenvalue weighted by atomic mass is 9.83. The van der Waals surface area contributed by atoms with Crippen LogP contribution in [0.3, 0.4) is 0 Å². The third-order valence-corrected chi connectivity index (χ3v) is 4.03. The van der Waals surface area contributed by atoms with Crippen LogP contribution < -0.4 is 0 Å². The van der Waals surface area contributed by atoms with Gasteiger partial charge in [-0.2, -0.15) is 0 Å². The Balaban J connectivity index is 2.74. The van der Waals surface area contributed by atoms with Crippen molar-refractivity contribution in [3.05, 3.63) is 0 Å². The average Bonchev–Trinajstić information content (AvgIpc) is 2.29. The maximum Gasteiger partial charge on any atom is 0.308 e. The Labute approximate surface area is 111 Å². The molecule has 4 nitrogen and oxygen atoms in total. The first kappa shape index (κ1) is 15.4. The molecule has 0 aliphatic heterocycles. The van der Waals surface area contributed by atoms with Crippen molar-refractivity contribution in [2.24, 2.45) is 5.92 Å². The lowest BCUT2D eigenvalue weighted by molar-refractivity contribution is -0.146. The first-order valence-electron chi connectivity index (χ1n) is 7.10. The predicted molar refractivity (Wildman–Crippen MR) is 73.8 cm³/mol. The van der Waals surface area contributed by atoms with Gasteiger partial charge in [0.05, 0.1) is 5.92 Å². The highest BCUT2D eigenvalue weighted by Crippen LogP contribution is 2.30. The molecule has 0 radical (unpaired) electrons. The Kier molecular flexibility index (Phi) is 6.09. The summed E-state index contributed by atoms with van der Waals surface area (Å²) in [6.45, 7) is 6.26. The minimum atomic E-state index is -0.616. The molecule has 1 fully saturated rings. The van der Waals surface area contributed by atoms with Crippen LogP contribution in [0.1, 0.15) is 39.5 Å². The van der Waals surface area contributed by atoms with E-state index in [9.17, 15) is 9.90 Å². The number of carboxylic acids is 1. The Hall–Kier alpha value is -0.610. The van der Waals surface area contributed by atoms with Gasteiger partial charge >= 0.3 is 5.97 Å². The van der Waals surface area contributed by atoms with Crippen LogP contribution in [0, 0.1) is 5.92 Å². The molecule has 18 heavy (non-hydrogen) atoms. The van der Waals surface area contributed by atoms with Gasteiger partial charge in [0.15, 0.2) is 0 Å². The highest BCUT2D eigenvalue weighted by Gasteiger charge is 2.35. The standard InChI is InChI=1S/C14H28N2O2/c1-5-16(11(2)10-15(3)4)13-9-7-6-8-12(13)14(17)18/h11-13H,5-10H2,1-4H3,(H,17,18). The van der Waals surface area contributed by atoms with Crippen molar-refractivity contribution in [1.29, 1.82) is 0 Å². The van der Waals surface area contributed by atoms with Crippen LogP contribution in [0.5, 0.6) is 0 Å². The summed E-state index contributed by atoms with van der Waals surface area (Å²) < 4.78 is 0. The van der Waals surface area contributed by atoms with E-state index in [-0.39, 0.29) is 12.0 Å². The quantitative estimate of drug-likeness (QED) is 0.788. The molecule has 1 saturated carbocycles. The van der Waals surface area contributed by atoms with E-state index in [1.54, 1.807) is 0 Å². The lowest BCUT2D eigenvalue weighted by Gasteiger charge is -2.41. The highest BCUT2D eigenvalue weighted by molar-refractivity contribution is 5.71. The maximum atomic E-state index is 11.4. The molecule has 1 N–H and O–H groups in total. The molecule has 106 valence electrons. The molecule has 4 heteroatoms. The molecule has 0 aromatic carbocycles. The van der Waals surface area contributed by atoms with Crippen molar-refractivity contribution in [2.75, 3.05) is 27.2 Å². The molecule has 1 rings (SSSR count). The number of carboxylic acid groups (broad SMARTS) is 1. The van der Waals surface area contributed by atoms with Gasteiger partial charge in [0.25, 0.3) is 0 Å².